The summed E-state index contributed by atoms with van der Waals surface area (Å²) in [4.78, 5) is 2.51. The van der Waals surface area contributed by atoms with Gasteiger partial charge in [-0.05, 0) is 100 Å². The van der Waals surface area contributed by atoms with Crippen LogP contribution in [0.3, 0.4) is 0 Å². The van der Waals surface area contributed by atoms with Crippen LogP contribution in [0.1, 0.15) is 48.9 Å². The van der Waals surface area contributed by atoms with Gasteiger partial charge in [-0.15, -0.1) is 0 Å². The summed E-state index contributed by atoms with van der Waals surface area (Å²) in [5, 5.41) is 15.0. The lowest BCUT2D eigenvalue weighted by atomic mass is 9.91. The first kappa shape index (κ1) is 20.4. The van der Waals surface area contributed by atoms with Crippen LogP contribution in [0.15, 0.2) is 40.9 Å². The highest BCUT2D eigenvalue weighted by Crippen LogP contribution is 2.34. The number of piperidine rings is 1. The van der Waals surface area contributed by atoms with Crippen molar-refractivity contribution in [2.24, 2.45) is 11.8 Å². The number of phenolic OH excluding ortho intramolecular Hbond substituents is 1. The standard InChI is InChI=1S/C26H32N2O3/c1-18-25(30-17-21-2-3-21)11-9-23-24(27-31-26(18)23)10-6-19-12-14-28(15-13-19)16-20-4-7-22(29)8-5-20/h4-5,7-9,11,19,21,29H,2-3,6,10,12-17H2,1H3. The molecule has 31 heavy (non-hydrogen) atoms. The highest BCUT2D eigenvalue weighted by Gasteiger charge is 2.23. The highest BCUT2D eigenvalue weighted by atomic mass is 16.5. The fourth-order valence-corrected chi connectivity index (χ4v) is 4.63. The number of rotatable bonds is 8. The van der Waals surface area contributed by atoms with Crippen molar-refractivity contribution in [2.75, 3.05) is 19.7 Å². The van der Waals surface area contributed by atoms with Crippen molar-refractivity contribution in [3.05, 3.63) is 53.2 Å². The van der Waals surface area contributed by atoms with Crippen molar-refractivity contribution in [3.8, 4) is 11.5 Å². The second-order valence-corrected chi connectivity index (χ2v) is 9.37. The molecule has 2 aliphatic rings. The van der Waals surface area contributed by atoms with Gasteiger partial charge in [0, 0.05) is 17.5 Å². The number of aromatic nitrogens is 1. The quantitative estimate of drug-likeness (QED) is 0.523. The van der Waals surface area contributed by atoms with E-state index in [4.69, 9.17) is 9.26 Å². The molecule has 0 atom stereocenters. The van der Waals surface area contributed by atoms with E-state index < -0.39 is 0 Å². The second kappa shape index (κ2) is 8.91. The van der Waals surface area contributed by atoms with Crippen LogP contribution in [0.4, 0.5) is 0 Å². The molecule has 5 nitrogen and oxygen atoms in total. The van der Waals surface area contributed by atoms with Crippen molar-refractivity contribution in [1.82, 2.24) is 10.1 Å². The van der Waals surface area contributed by atoms with Gasteiger partial charge in [0.25, 0.3) is 0 Å². The Bertz CT molecular complexity index is 1020. The van der Waals surface area contributed by atoms with E-state index in [9.17, 15) is 5.11 Å². The summed E-state index contributed by atoms with van der Waals surface area (Å²) < 4.78 is 11.7. The summed E-state index contributed by atoms with van der Waals surface area (Å²) in [6, 6.07) is 11.8. The number of phenols is 1. The Labute approximate surface area is 184 Å². The minimum absolute atomic E-state index is 0.333. The molecule has 3 aromatic rings. The summed E-state index contributed by atoms with van der Waals surface area (Å²) in [7, 11) is 0. The zero-order chi connectivity index (χ0) is 21.2. The highest BCUT2D eigenvalue weighted by molar-refractivity contribution is 5.84. The Balaban J connectivity index is 1.13. The first-order valence-electron chi connectivity index (χ1n) is 11.7. The van der Waals surface area contributed by atoms with E-state index in [1.165, 1.54) is 31.2 Å². The number of fused-ring (bicyclic) bond motifs is 1. The second-order valence-electron chi connectivity index (χ2n) is 9.37. The van der Waals surface area contributed by atoms with E-state index in [0.29, 0.717) is 5.75 Å². The van der Waals surface area contributed by atoms with Gasteiger partial charge in [-0.25, -0.2) is 0 Å². The number of hydrogen-bond acceptors (Lipinski definition) is 5. The Morgan fingerprint density at radius 2 is 1.81 bits per heavy atom. The monoisotopic (exact) mass is 420 g/mol. The average Bonchev–Trinajstić information content (AvgIpc) is 3.52. The molecule has 0 radical (unpaired) electrons. The van der Waals surface area contributed by atoms with Gasteiger partial charge < -0.3 is 14.4 Å². The van der Waals surface area contributed by atoms with E-state index in [0.717, 1.165) is 78.9 Å². The molecular weight excluding hydrogens is 388 g/mol. The predicted octanol–water partition coefficient (Wildman–Crippen LogP) is 5.48. The molecule has 1 saturated heterocycles. The average molecular weight is 421 g/mol. The first-order valence-corrected chi connectivity index (χ1v) is 11.7. The van der Waals surface area contributed by atoms with E-state index in [1.54, 1.807) is 12.1 Å². The molecule has 0 amide bonds. The Hall–Kier alpha value is -2.53. The molecule has 2 fully saturated rings. The molecule has 0 unspecified atom stereocenters. The van der Waals surface area contributed by atoms with Crippen molar-refractivity contribution in [1.29, 1.82) is 0 Å². The molecule has 0 bridgehead atoms. The Morgan fingerprint density at radius 3 is 2.55 bits per heavy atom. The van der Waals surface area contributed by atoms with Gasteiger partial charge in [-0.1, -0.05) is 17.3 Å². The zero-order valence-electron chi connectivity index (χ0n) is 18.3. The normalized spacial score (nSPS) is 18.0. The van der Waals surface area contributed by atoms with Gasteiger partial charge in [0.2, 0.25) is 0 Å². The van der Waals surface area contributed by atoms with Crippen molar-refractivity contribution in [2.45, 2.75) is 52.0 Å². The van der Waals surface area contributed by atoms with Crippen LogP contribution in [-0.4, -0.2) is 34.9 Å². The van der Waals surface area contributed by atoms with Crippen LogP contribution < -0.4 is 4.74 Å². The minimum atomic E-state index is 0.333. The fourth-order valence-electron chi connectivity index (χ4n) is 4.63. The first-order chi connectivity index (χ1) is 15.2. The van der Waals surface area contributed by atoms with Crippen LogP contribution in [0.5, 0.6) is 11.5 Å². The fraction of sp³-hybridized carbons (Fsp3) is 0.500. The molecule has 1 aliphatic carbocycles. The third-order valence-electron chi connectivity index (χ3n) is 6.92. The minimum Gasteiger partial charge on any atom is -0.508 e. The number of nitrogens with zero attached hydrogens (tertiary/aromatic N) is 2. The van der Waals surface area contributed by atoms with E-state index in [-0.39, 0.29) is 0 Å². The smallest absolute Gasteiger partial charge is 0.173 e. The summed E-state index contributed by atoms with van der Waals surface area (Å²) in [5.41, 5.74) is 4.30. The van der Waals surface area contributed by atoms with E-state index in [1.807, 2.05) is 12.1 Å². The third-order valence-corrected chi connectivity index (χ3v) is 6.92. The molecule has 5 heteroatoms. The Kier molecular flexibility index (Phi) is 5.86. The van der Waals surface area contributed by atoms with Crippen LogP contribution in [0, 0.1) is 18.8 Å². The molecule has 1 saturated carbocycles. The number of likely N-dealkylation sites (tertiary alicyclic amines) is 1. The zero-order valence-corrected chi connectivity index (χ0v) is 18.3. The SMILES string of the molecule is Cc1c(OCC2CC2)ccc2c(CCC3CCN(Cc4ccc(O)cc4)CC3)noc12. The number of hydrogen-bond donors (Lipinski definition) is 1. The lowest BCUT2D eigenvalue weighted by molar-refractivity contribution is 0.172. The predicted molar refractivity (Wildman–Crippen MR) is 121 cm³/mol. The summed E-state index contributed by atoms with van der Waals surface area (Å²) >= 11 is 0. The number of benzene rings is 2. The van der Waals surface area contributed by atoms with Crippen LogP contribution in [0.2, 0.25) is 0 Å². The number of ether oxygens (including phenoxy) is 1. The molecule has 2 aromatic carbocycles. The number of aryl methyl sites for hydroxylation is 2. The summed E-state index contributed by atoms with van der Waals surface area (Å²) in [6.45, 7) is 6.12. The van der Waals surface area contributed by atoms with Crippen LogP contribution in [-0.2, 0) is 13.0 Å². The molecule has 164 valence electrons. The van der Waals surface area contributed by atoms with Gasteiger partial charge in [0.15, 0.2) is 5.58 Å². The van der Waals surface area contributed by atoms with E-state index in [2.05, 4.69) is 29.1 Å². The van der Waals surface area contributed by atoms with Crippen LogP contribution in [0.25, 0.3) is 11.0 Å². The maximum Gasteiger partial charge on any atom is 0.173 e. The number of aromatic hydroxyl groups is 1. The molecule has 0 spiro atoms. The molecule has 2 heterocycles. The van der Waals surface area contributed by atoms with E-state index >= 15 is 0 Å². The van der Waals surface area contributed by atoms with Gasteiger partial charge in [0.1, 0.15) is 11.5 Å². The lowest BCUT2D eigenvalue weighted by Gasteiger charge is -2.32. The summed E-state index contributed by atoms with van der Waals surface area (Å²) in [5.74, 6) is 2.75. The van der Waals surface area contributed by atoms with Gasteiger partial charge >= 0.3 is 0 Å². The van der Waals surface area contributed by atoms with Gasteiger partial charge in [0.05, 0.1) is 12.3 Å². The molecule has 1 aromatic heterocycles. The van der Waals surface area contributed by atoms with Crippen molar-refractivity contribution >= 4 is 11.0 Å². The molecule has 1 aliphatic heterocycles. The van der Waals surface area contributed by atoms with Gasteiger partial charge in [-0.2, -0.15) is 0 Å². The van der Waals surface area contributed by atoms with Gasteiger partial charge in [-0.3, -0.25) is 4.90 Å². The van der Waals surface area contributed by atoms with Crippen LogP contribution >= 0.6 is 0 Å². The lowest BCUT2D eigenvalue weighted by Crippen LogP contribution is -2.33. The molecule has 1 N–H and O–H groups in total. The Morgan fingerprint density at radius 1 is 1.03 bits per heavy atom. The maximum absolute atomic E-state index is 9.44. The summed E-state index contributed by atoms with van der Waals surface area (Å²) in [6.07, 6.45) is 7.18. The van der Waals surface area contributed by atoms with Crippen molar-refractivity contribution < 1.29 is 14.4 Å². The maximum atomic E-state index is 9.44. The topological polar surface area (TPSA) is 58.7 Å². The largest absolute Gasteiger partial charge is 0.508 e. The van der Waals surface area contributed by atoms with Crippen molar-refractivity contribution in [3.63, 3.8) is 0 Å². The third kappa shape index (κ3) is 4.87. The molecular formula is C26H32N2O3. The molecule has 5 rings (SSSR count).